The predicted molar refractivity (Wildman–Crippen MR) is 80.1 cm³/mol. The van der Waals surface area contributed by atoms with E-state index in [1.165, 1.54) is 18.7 Å². The Balaban J connectivity index is 1.86. The summed E-state index contributed by atoms with van der Waals surface area (Å²) in [5, 5.41) is 3.19. The summed E-state index contributed by atoms with van der Waals surface area (Å²) in [6.07, 6.45) is 0.832. The Labute approximate surface area is 134 Å². The van der Waals surface area contributed by atoms with Gasteiger partial charge >= 0.3 is 5.97 Å². The number of β-lactam (4-membered cyclic amide) rings is 1. The van der Waals surface area contributed by atoms with Gasteiger partial charge in [-0.05, 0) is 26.3 Å². The number of amides is 2. The van der Waals surface area contributed by atoms with Crippen LogP contribution in [0.1, 0.15) is 33.1 Å². The van der Waals surface area contributed by atoms with E-state index in [1.807, 2.05) is 0 Å². The molecule has 0 aromatic carbocycles. The monoisotopic (exact) mass is 325 g/mol. The number of carbonyl (C=O) groups is 4. The normalized spacial score (nSPS) is 25.8. The zero-order valence-corrected chi connectivity index (χ0v) is 13.5. The summed E-state index contributed by atoms with van der Waals surface area (Å²) in [4.78, 5) is 48.2. The van der Waals surface area contributed by atoms with Crippen molar-refractivity contribution in [2.75, 3.05) is 19.6 Å². The maximum Gasteiger partial charge on any atom is 0.302 e. The molecule has 2 rings (SSSR count). The Morgan fingerprint density at radius 2 is 2.13 bits per heavy atom. The van der Waals surface area contributed by atoms with Gasteiger partial charge < -0.3 is 20.7 Å². The van der Waals surface area contributed by atoms with Crippen LogP contribution in [0.25, 0.3) is 0 Å². The van der Waals surface area contributed by atoms with Crippen molar-refractivity contribution >= 4 is 23.6 Å². The van der Waals surface area contributed by atoms with Crippen molar-refractivity contribution in [1.29, 1.82) is 0 Å². The molecule has 2 fully saturated rings. The van der Waals surface area contributed by atoms with Crippen LogP contribution in [-0.2, 0) is 23.9 Å². The van der Waals surface area contributed by atoms with Crippen molar-refractivity contribution in [3.63, 3.8) is 0 Å². The smallest absolute Gasteiger partial charge is 0.302 e. The number of hydrogen-bond acceptors (Lipinski definition) is 6. The zero-order chi connectivity index (χ0) is 17.2. The van der Waals surface area contributed by atoms with Crippen LogP contribution in [0.4, 0.5) is 0 Å². The molecule has 8 heteroatoms. The molecule has 2 saturated heterocycles. The molecule has 1 spiro atoms. The van der Waals surface area contributed by atoms with Crippen molar-refractivity contribution in [3.8, 4) is 0 Å². The van der Waals surface area contributed by atoms with Crippen LogP contribution in [0.15, 0.2) is 0 Å². The molecule has 0 saturated carbocycles. The van der Waals surface area contributed by atoms with E-state index in [4.69, 9.17) is 10.5 Å². The topological polar surface area (TPSA) is 119 Å². The van der Waals surface area contributed by atoms with Gasteiger partial charge in [0, 0.05) is 19.9 Å². The Kier molecular flexibility index (Phi) is 5.03. The number of ketones is 1. The van der Waals surface area contributed by atoms with Gasteiger partial charge in [-0.25, -0.2) is 0 Å². The van der Waals surface area contributed by atoms with Crippen LogP contribution in [-0.4, -0.2) is 59.7 Å². The van der Waals surface area contributed by atoms with Gasteiger partial charge in [-0.2, -0.15) is 0 Å². The largest absolute Gasteiger partial charge is 0.462 e. The van der Waals surface area contributed by atoms with Crippen LogP contribution < -0.4 is 11.1 Å². The highest BCUT2D eigenvalue weighted by molar-refractivity contribution is 5.97. The first-order chi connectivity index (χ1) is 10.7. The summed E-state index contributed by atoms with van der Waals surface area (Å²) in [6.45, 7) is 4.04. The lowest BCUT2D eigenvalue weighted by molar-refractivity contribution is -0.155. The molecule has 0 aromatic heterocycles. The van der Waals surface area contributed by atoms with E-state index in [0.717, 1.165) is 19.4 Å². The first kappa shape index (κ1) is 17.4. The van der Waals surface area contributed by atoms with Gasteiger partial charge in [-0.15, -0.1) is 0 Å². The molecule has 23 heavy (non-hydrogen) atoms. The third-order valence-electron chi connectivity index (χ3n) is 4.50. The van der Waals surface area contributed by atoms with Crippen LogP contribution in [0.2, 0.25) is 0 Å². The van der Waals surface area contributed by atoms with Crippen LogP contribution in [0.5, 0.6) is 0 Å². The fourth-order valence-electron chi connectivity index (χ4n) is 3.29. The van der Waals surface area contributed by atoms with Gasteiger partial charge in [0.1, 0.15) is 11.6 Å². The third-order valence-corrected chi connectivity index (χ3v) is 4.50. The van der Waals surface area contributed by atoms with Gasteiger partial charge in [0.15, 0.2) is 5.78 Å². The fraction of sp³-hybridized carbons (Fsp3) is 0.733. The number of ether oxygens (including phenoxy) is 1. The molecule has 3 atom stereocenters. The van der Waals surface area contributed by atoms with Crippen LogP contribution in [0, 0.1) is 5.92 Å². The van der Waals surface area contributed by atoms with Gasteiger partial charge in [-0.1, -0.05) is 0 Å². The molecule has 2 heterocycles. The zero-order valence-electron chi connectivity index (χ0n) is 13.5. The van der Waals surface area contributed by atoms with E-state index < -0.39 is 29.4 Å². The van der Waals surface area contributed by atoms with Crippen molar-refractivity contribution < 1.29 is 23.9 Å². The maximum atomic E-state index is 12.2. The molecule has 2 aliphatic heterocycles. The average molecular weight is 325 g/mol. The number of nitrogens with one attached hydrogen (secondary N) is 1. The highest BCUT2D eigenvalue weighted by Crippen LogP contribution is 2.31. The molecule has 2 aliphatic rings. The molecular weight excluding hydrogens is 302 g/mol. The molecule has 2 amide bonds. The predicted octanol–water partition coefficient (Wildman–Crippen LogP) is -1.04. The maximum absolute atomic E-state index is 12.2. The number of carbonyl (C=O) groups excluding carboxylic acids is 4. The number of rotatable bonds is 7. The first-order valence-electron chi connectivity index (χ1n) is 7.78. The van der Waals surface area contributed by atoms with Crippen molar-refractivity contribution in [2.24, 2.45) is 11.7 Å². The van der Waals surface area contributed by atoms with Gasteiger partial charge in [0.2, 0.25) is 11.8 Å². The Morgan fingerprint density at radius 1 is 1.43 bits per heavy atom. The second kappa shape index (κ2) is 6.66. The number of hydrogen-bond donors (Lipinski definition) is 2. The summed E-state index contributed by atoms with van der Waals surface area (Å²) >= 11 is 0. The summed E-state index contributed by atoms with van der Waals surface area (Å²) in [5.41, 5.74) is 4.81. The lowest BCUT2D eigenvalue weighted by Crippen LogP contribution is -2.71. The van der Waals surface area contributed by atoms with E-state index in [-0.39, 0.29) is 24.7 Å². The van der Waals surface area contributed by atoms with Gasteiger partial charge in [-0.3, -0.25) is 19.2 Å². The van der Waals surface area contributed by atoms with E-state index in [9.17, 15) is 19.2 Å². The summed E-state index contributed by atoms with van der Waals surface area (Å²) < 4.78 is 4.93. The minimum Gasteiger partial charge on any atom is -0.462 e. The molecule has 0 aromatic rings. The van der Waals surface area contributed by atoms with Gasteiger partial charge in [0.25, 0.3) is 0 Å². The Morgan fingerprint density at radius 3 is 2.61 bits per heavy atom. The summed E-state index contributed by atoms with van der Waals surface area (Å²) in [7, 11) is 0. The quantitative estimate of drug-likeness (QED) is 0.456. The van der Waals surface area contributed by atoms with E-state index in [2.05, 4.69) is 5.32 Å². The minimum atomic E-state index is -0.888. The van der Waals surface area contributed by atoms with Gasteiger partial charge in [0.05, 0.1) is 12.5 Å². The number of nitrogens with two attached hydrogens (primary N) is 1. The average Bonchev–Trinajstić information content (AvgIpc) is 2.94. The van der Waals surface area contributed by atoms with E-state index >= 15 is 0 Å². The lowest BCUT2D eigenvalue weighted by Gasteiger charge is -2.46. The van der Waals surface area contributed by atoms with E-state index in [1.54, 1.807) is 0 Å². The van der Waals surface area contributed by atoms with Crippen LogP contribution in [0.3, 0.4) is 0 Å². The minimum absolute atomic E-state index is 0.0428. The summed E-state index contributed by atoms with van der Waals surface area (Å²) in [6, 6.07) is 0. The highest BCUT2D eigenvalue weighted by atomic mass is 16.5. The number of nitrogens with zero attached hydrogens (tertiary/aromatic N) is 1. The molecule has 0 aliphatic carbocycles. The Hall–Kier alpha value is -1.96. The lowest BCUT2D eigenvalue weighted by atomic mass is 9.86. The second-order valence-corrected chi connectivity index (χ2v) is 6.34. The molecule has 128 valence electrons. The number of likely N-dealkylation sites (tertiary alicyclic amines) is 1. The molecular formula is C15H23N3O5. The van der Waals surface area contributed by atoms with Crippen LogP contribution >= 0.6 is 0 Å². The van der Waals surface area contributed by atoms with Crippen molar-refractivity contribution in [1.82, 2.24) is 10.2 Å². The summed E-state index contributed by atoms with van der Waals surface area (Å²) in [5.74, 6) is -2.46. The van der Waals surface area contributed by atoms with Crippen molar-refractivity contribution in [3.05, 3.63) is 0 Å². The second-order valence-electron chi connectivity index (χ2n) is 6.34. The molecule has 1 unspecified atom stereocenters. The third kappa shape index (κ3) is 3.69. The molecule has 8 nitrogen and oxygen atoms in total. The highest BCUT2D eigenvalue weighted by Gasteiger charge is 2.53. The standard InChI is InChI=1S/C15H23N3O5/c1-9(23-10(2)19)12(13(16)21)6-11(20)7-18-8-15(14(18)22)4-3-5-17-15/h9,12,17H,3-8H2,1-2H3,(H2,16,21)/t9-,12+,15?/m1/s1. The number of primary amides is 1. The SMILES string of the molecule is CC(=O)O[C@H](C)[C@H](CC(=O)CN1CC2(CCCN2)C1=O)C(N)=O. The molecule has 3 N–H and O–H groups in total. The fourth-order valence-corrected chi connectivity index (χ4v) is 3.29. The number of Topliss-reactive ketones (excluding diaryl/α,β-unsaturated/α-hetero) is 1. The van der Waals surface area contributed by atoms with Crippen molar-refractivity contribution in [2.45, 2.75) is 44.8 Å². The van der Waals surface area contributed by atoms with E-state index in [0.29, 0.717) is 6.54 Å². The molecule has 0 bridgehead atoms. The Bertz CT molecular complexity index is 527. The number of esters is 1. The molecule has 0 radical (unpaired) electrons. The first-order valence-corrected chi connectivity index (χ1v) is 7.78.